The van der Waals surface area contributed by atoms with E-state index in [0.717, 1.165) is 0 Å². The number of nitro benzene ring substituents is 1. The summed E-state index contributed by atoms with van der Waals surface area (Å²) in [4.78, 5) is 21.0. The number of hydrazine groups is 2. The number of methoxy groups -OCH3 is 1. The molecule has 20 heavy (non-hydrogen) atoms. The highest BCUT2D eigenvalue weighted by Crippen LogP contribution is 2.24. The lowest BCUT2D eigenvalue weighted by Crippen LogP contribution is -2.40. The second kappa shape index (κ2) is 5.55. The average Bonchev–Trinajstić information content (AvgIpc) is 2.83. The summed E-state index contributed by atoms with van der Waals surface area (Å²) in [5.41, 5.74) is 5.70. The quantitative estimate of drug-likeness (QED) is 0.522. The fourth-order valence-corrected chi connectivity index (χ4v) is 1.75. The smallest absolute Gasteiger partial charge is 0.269 e. The van der Waals surface area contributed by atoms with E-state index in [9.17, 15) is 20.0 Å². The highest BCUT2D eigenvalue weighted by molar-refractivity contribution is 5.86. The zero-order valence-electron chi connectivity index (χ0n) is 10.5. The van der Waals surface area contributed by atoms with E-state index in [1.165, 1.54) is 36.4 Å². The first-order valence-corrected chi connectivity index (χ1v) is 5.54. The number of ether oxygens (including phenoxy) is 1. The van der Waals surface area contributed by atoms with Crippen molar-refractivity contribution in [2.75, 3.05) is 18.7 Å². The number of carboxylic acids is 1. The van der Waals surface area contributed by atoms with Crippen molar-refractivity contribution < 1.29 is 19.6 Å². The topological polar surface area (TPSA) is 120 Å². The van der Waals surface area contributed by atoms with E-state index in [2.05, 4.69) is 11.0 Å². The van der Waals surface area contributed by atoms with E-state index in [0.29, 0.717) is 11.4 Å². The molecule has 0 saturated heterocycles. The molecule has 0 bridgehead atoms. The van der Waals surface area contributed by atoms with Gasteiger partial charge in [0.15, 0.2) is 0 Å². The Balaban J connectivity index is 2.32. The molecule has 1 aromatic rings. The fraction of sp³-hybridized carbons (Fsp3) is 0.182. The first-order chi connectivity index (χ1) is 9.54. The molecule has 1 aliphatic rings. The van der Waals surface area contributed by atoms with Crippen molar-refractivity contribution >= 4 is 17.3 Å². The summed E-state index contributed by atoms with van der Waals surface area (Å²) in [6.45, 7) is 0.0281. The average molecular weight is 279 g/mol. The third-order valence-electron chi connectivity index (χ3n) is 2.66. The van der Waals surface area contributed by atoms with Crippen LogP contribution in [0.2, 0.25) is 0 Å². The molecule has 2 rings (SSSR count). The number of hydrogen-bond donors (Lipinski definition) is 2. The number of benzene rings is 1. The van der Waals surface area contributed by atoms with Crippen LogP contribution in [0.5, 0.6) is 0 Å². The van der Waals surface area contributed by atoms with Crippen LogP contribution in [0.15, 0.2) is 35.7 Å². The van der Waals surface area contributed by atoms with Gasteiger partial charge in [0.05, 0.1) is 34.6 Å². The maximum Gasteiger partial charge on any atom is 0.269 e. The van der Waals surface area contributed by atoms with E-state index < -0.39 is 10.9 Å². The first kappa shape index (κ1) is 13.8. The molecular weight excluding hydrogens is 268 g/mol. The summed E-state index contributed by atoms with van der Waals surface area (Å²) in [6, 6.07) is 5.61. The molecule has 1 aliphatic heterocycles. The third-order valence-corrected chi connectivity index (χ3v) is 2.66. The van der Waals surface area contributed by atoms with Gasteiger partial charge in [-0.3, -0.25) is 20.5 Å². The van der Waals surface area contributed by atoms with Gasteiger partial charge in [-0.05, 0) is 12.1 Å². The predicted molar refractivity (Wildman–Crippen MR) is 65.8 cm³/mol. The van der Waals surface area contributed by atoms with Crippen LogP contribution in [0.3, 0.4) is 0 Å². The van der Waals surface area contributed by atoms with Crippen LogP contribution < -0.4 is 21.1 Å². The van der Waals surface area contributed by atoms with Gasteiger partial charge in [-0.15, -0.1) is 5.53 Å². The lowest BCUT2D eigenvalue weighted by Gasteiger charge is -2.20. The fourth-order valence-electron chi connectivity index (χ4n) is 1.75. The van der Waals surface area contributed by atoms with Crippen molar-refractivity contribution in [3.8, 4) is 0 Å². The molecule has 106 valence electrons. The molecule has 0 spiro atoms. The third kappa shape index (κ3) is 2.53. The highest BCUT2D eigenvalue weighted by atomic mass is 16.6. The molecule has 0 aliphatic carbocycles. The van der Waals surface area contributed by atoms with Gasteiger partial charge in [-0.25, -0.2) is 0 Å². The molecule has 9 heteroatoms. The minimum absolute atomic E-state index is 0.0281. The van der Waals surface area contributed by atoms with Gasteiger partial charge in [0.25, 0.3) is 5.69 Å². The summed E-state index contributed by atoms with van der Waals surface area (Å²) in [5, 5.41) is 23.0. The van der Waals surface area contributed by atoms with E-state index >= 15 is 0 Å². The van der Waals surface area contributed by atoms with Gasteiger partial charge in [0, 0.05) is 19.2 Å². The number of carbonyl (C=O) groups excluding carboxylic acids is 1. The molecule has 1 heterocycles. The van der Waals surface area contributed by atoms with Crippen LogP contribution in [0.25, 0.3) is 0 Å². The molecule has 0 atom stereocenters. The monoisotopic (exact) mass is 279 g/mol. The zero-order valence-corrected chi connectivity index (χ0v) is 10.5. The number of carboxylic acid groups (broad SMARTS) is 1. The van der Waals surface area contributed by atoms with Crippen molar-refractivity contribution in [1.29, 1.82) is 0 Å². The summed E-state index contributed by atoms with van der Waals surface area (Å²) in [5.74, 6) is -1.38. The molecule has 1 aromatic carbocycles. The minimum Gasteiger partial charge on any atom is -0.543 e. The van der Waals surface area contributed by atoms with Gasteiger partial charge < -0.3 is 14.6 Å². The zero-order chi connectivity index (χ0) is 14.7. The number of anilines is 1. The van der Waals surface area contributed by atoms with Crippen LogP contribution in [-0.2, 0) is 9.53 Å². The lowest BCUT2D eigenvalue weighted by molar-refractivity contribution is -0.384. The minimum atomic E-state index is -1.38. The van der Waals surface area contributed by atoms with Crippen molar-refractivity contribution in [2.24, 2.45) is 0 Å². The van der Waals surface area contributed by atoms with Gasteiger partial charge in [-0.2, -0.15) is 0 Å². The van der Waals surface area contributed by atoms with Crippen LogP contribution in [0.1, 0.15) is 0 Å². The second-order valence-corrected chi connectivity index (χ2v) is 3.89. The molecule has 0 fully saturated rings. The highest BCUT2D eigenvalue weighted by Gasteiger charge is 2.24. The Bertz CT molecular complexity index is 569. The van der Waals surface area contributed by atoms with Crippen LogP contribution >= 0.6 is 0 Å². The first-order valence-electron chi connectivity index (χ1n) is 5.54. The number of nitrogens with one attached hydrogen (secondary N) is 2. The Hall–Kier alpha value is -2.65. The van der Waals surface area contributed by atoms with Crippen LogP contribution in [0, 0.1) is 10.1 Å². The van der Waals surface area contributed by atoms with Gasteiger partial charge in [0.2, 0.25) is 0 Å². The number of carbonyl (C=O) groups is 1. The number of nitro groups is 1. The lowest BCUT2D eigenvalue weighted by atomic mass is 10.2. The normalized spacial score (nSPS) is 14.3. The van der Waals surface area contributed by atoms with Crippen molar-refractivity contribution in [1.82, 2.24) is 11.0 Å². The summed E-state index contributed by atoms with van der Waals surface area (Å²) >= 11 is 0. The standard InChI is InChI=1S/C11H12N4O5/c1-20-6-9-10(11(16)17)12-13-14(9)7-2-4-8(5-3-7)15(18)19/h2-5,12-13H,6H2,1H3,(H,16,17)/p-1. The number of hydrogen-bond acceptors (Lipinski definition) is 8. The largest absolute Gasteiger partial charge is 0.543 e. The van der Waals surface area contributed by atoms with Crippen molar-refractivity contribution in [3.63, 3.8) is 0 Å². The molecule has 0 unspecified atom stereocenters. The van der Waals surface area contributed by atoms with E-state index in [-0.39, 0.29) is 18.0 Å². The second-order valence-electron chi connectivity index (χ2n) is 3.89. The Morgan fingerprint density at radius 2 is 2.05 bits per heavy atom. The maximum atomic E-state index is 11.0. The summed E-state index contributed by atoms with van der Waals surface area (Å²) < 4.78 is 4.94. The Labute approximate surface area is 113 Å². The number of non-ortho nitro benzene ring substituents is 1. The molecule has 9 nitrogen and oxygen atoms in total. The van der Waals surface area contributed by atoms with E-state index in [1.807, 2.05) is 0 Å². The van der Waals surface area contributed by atoms with Crippen LogP contribution in [-0.4, -0.2) is 24.6 Å². The molecule has 0 aromatic heterocycles. The Morgan fingerprint density at radius 1 is 1.40 bits per heavy atom. The molecule has 2 N–H and O–H groups in total. The molecule has 0 saturated carbocycles. The van der Waals surface area contributed by atoms with E-state index in [1.54, 1.807) is 0 Å². The Kier molecular flexibility index (Phi) is 3.82. The SMILES string of the molecule is COCC1=C(C(=O)[O-])NNN1c1ccc([N+](=O)[O-])cc1. The van der Waals surface area contributed by atoms with Gasteiger partial charge >= 0.3 is 0 Å². The summed E-state index contributed by atoms with van der Waals surface area (Å²) in [6.07, 6.45) is 0. The molecular formula is C11H11N4O5-. The van der Waals surface area contributed by atoms with Crippen molar-refractivity contribution in [2.45, 2.75) is 0 Å². The Morgan fingerprint density at radius 3 is 2.55 bits per heavy atom. The summed E-state index contributed by atoms with van der Waals surface area (Å²) in [7, 11) is 1.42. The predicted octanol–water partition coefficient (Wildman–Crippen LogP) is -0.968. The van der Waals surface area contributed by atoms with Crippen molar-refractivity contribution in [3.05, 3.63) is 45.8 Å². The van der Waals surface area contributed by atoms with Gasteiger partial charge in [-0.1, -0.05) is 0 Å². The maximum absolute atomic E-state index is 11.0. The number of nitrogens with zero attached hydrogens (tertiary/aromatic N) is 2. The van der Waals surface area contributed by atoms with Gasteiger partial charge in [0.1, 0.15) is 0 Å². The molecule has 0 radical (unpaired) electrons. The molecule has 0 amide bonds. The number of rotatable bonds is 5. The number of aliphatic carboxylic acids is 1. The van der Waals surface area contributed by atoms with E-state index in [4.69, 9.17) is 4.74 Å². The van der Waals surface area contributed by atoms with Crippen LogP contribution in [0.4, 0.5) is 11.4 Å².